The fourth-order valence-corrected chi connectivity index (χ4v) is 2.26. The lowest BCUT2D eigenvalue weighted by molar-refractivity contribution is 0.0977. The molecule has 0 heterocycles. The summed E-state index contributed by atoms with van der Waals surface area (Å²) in [4.78, 5) is 12.1. The Hall–Kier alpha value is -2.60. The van der Waals surface area contributed by atoms with Gasteiger partial charge in [0.1, 0.15) is 11.5 Å². The van der Waals surface area contributed by atoms with Gasteiger partial charge in [-0.1, -0.05) is 13.3 Å². The standard InChI is InChI=1S/C19H22N2O3S/c1-3-4-13-24-17-11-7-15(8-12-17)20-19(25)21-18(22)14-5-9-16(23-2)10-6-14/h5-12H,3-4,13H2,1-2H3,(H2,20,21,22,25). The van der Waals surface area contributed by atoms with Crippen LogP contribution in [0.15, 0.2) is 48.5 Å². The SMILES string of the molecule is CCCCOc1ccc(NC(=S)NC(=O)c2ccc(OC)cc2)cc1. The van der Waals surface area contributed by atoms with E-state index >= 15 is 0 Å². The van der Waals surface area contributed by atoms with E-state index in [-0.39, 0.29) is 11.0 Å². The third-order valence-corrected chi connectivity index (χ3v) is 3.66. The molecule has 0 aliphatic carbocycles. The molecule has 0 aromatic heterocycles. The summed E-state index contributed by atoms with van der Waals surface area (Å²) in [7, 11) is 1.58. The Morgan fingerprint density at radius 2 is 1.68 bits per heavy atom. The molecule has 25 heavy (non-hydrogen) atoms. The number of methoxy groups -OCH3 is 1. The van der Waals surface area contributed by atoms with Gasteiger partial charge in [0.25, 0.3) is 5.91 Å². The summed E-state index contributed by atoms with van der Waals surface area (Å²) in [6.45, 7) is 2.83. The van der Waals surface area contributed by atoms with Crippen molar-refractivity contribution in [2.24, 2.45) is 0 Å². The van der Waals surface area contributed by atoms with Gasteiger partial charge in [-0.05, 0) is 67.2 Å². The molecule has 0 unspecified atom stereocenters. The van der Waals surface area contributed by atoms with E-state index in [0.29, 0.717) is 17.9 Å². The highest BCUT2D eigenvalue weighted by Gasteiger charge is 2.08. The highest BCUT2D eigenvalue weighted by Crippen LogP contribution is 2.16. The van der Waals surface area contributed by atoms with Crippen molar-refractivity contribution in [3.63, 3.8) is 0 Å². The number of amides is 1. The summed E-state index contributed by atoms with van der Waals surface area (Å²) in [5.41, 5.74) is 1.28. The van der Waals surface area contributed by atoms with E-state index in [0.717, 1.165) is 24.3 Å². The maximum absolute atomic E-state index is 12.1. The molecule has 0 atom stereocenters. The number of hydrogen-bond donors (Lipinski definition) is 2. The van der Waals surface area contributed by atoms with Crippen molar-refractivity contribution in [1.29, 1.82) is 0 Å². The largest absolute Gasteiger partial charge is 0.497 e. The third-order valence-electron chi connectivity index (χ3n) is 3.46. The zero-order valence-electron chi connectivity index (χ0n) is 14.4. The number of rotatable bonds is 7. The van der Waals surface area contributed by atoms with Crippen LogP contribution in [0.3, 0.4) is 0 Å². The van der Waals surface area contributed by atoms with Gasteiger partial charge in [-0.15, -0.1) is 0 Å². The molecule has 0 saturated heterocycles. The molecule has 1 amide bonds. The van der Waals surface area contributed by atoms with Gasteiger partial charge in [-0.25, -0.2) is 0 Å². The highest BCUT2D eigenvalue weighted by atomic mass is 32.1. The zero-order chi connectivity index (χ0) is 18.1. The molecule has 0 fully saturated rings. The molecule has 6 heteroatoms. The van der Waals surface area contributed by atoms with Gasteiger partial charge in [-0.2, -0.15) is 0 Å². The number of thiocarbonyl (C=S) groups is 1. The van der Waals surface area contributed by atoms with Crippen LogP contribution < -0.4 is 20.1 Å². The number of anilines is 1. The minimum Gasteiger partial charge on any atom is -0.497 e. The van der Waals surface area contributed by atoms with Crippen molar-refractivity contribution < 1.29 is 14.3 Å². The van der Waals surface area contributed by atoms with Gasteiger partial charge >= 0.3 is 0 Å². The molecule has 0 spiro atoms. The maximum Gasteiger partial charge on any atom is 0.257 e. The van der Waals surface area contributed by atoms with Crippen LogP contribution in [-0.4, -0.2) is 24.7 Å². The van der Waals surface area contributed by atoms with Crippen molar-refractivity contribution in [3.8, 4) is 11.5 Å². The lowest BCUT2D eigenvalue weighted by Crippen LogP contribution is -2.34. The Morgan fingerprint density at radius 3 is 2.28 bits per heavy atom. The summed E-state index contributed by atoms with van der Waals surface area (Å²) in [6.07, 6.45) is 2.13. The molecule has 132 valence electrons. The van der Waals surface area contributed by atoms with Crippen LogP contribution >= 0.6 is 12.2 Å². The van der Waals surface area contributed by atoms with Crippen molar-refractivity contribution in [3.05, 3.63) is 54.1 Å². The van der Waals surface area contributed by atoms with Crippen LogP contribution in [0.1, 0.15) is 30.1 Å². The molecule has 2 rings (SSSR count). The molecule has 0 saturated carbocycles. The predicted octanol–water partition coefficient (Wildman–Crippen LogP) is 4.00. The first-order chi connectivity index (χ1) is 12.1. The lowest BCUT2D eigenvalue weighted by Gasteiger charge is -2.11. The van der Waals surface area contributed by atoms with Crippen LogP contribution in [-0.2, 0) is 0 Å². The van der Waals surface area contributed by atoms with Gasteiger partial charge in [0.15, 0.2) is 5.11 Å². The van der Waals surface area contributed by atoms with Crippen LogP contribution in [0.25, 0.3) is 0 Å². The van der Waals surface area contributed by atoms with Gasteiger partial charge in [-0.3, -0.25) is 10.1 Å². The summed E-state index contributed by atoms with van der Waals surface area (Å²) in [5, 5.41) is 5.86. The average Bonchev–Trinajstić information content (AvgIpc) is 2.63. The van der Waals surface area contributed by atoms with E-state index in [2.05, 4.69) is 17.6 Å². The van der Waals surface area contributed by atoms with Crippen LogP contribution in [0.2, 0.25) is 0 Å². The molecular weight excluding hydrogens is 336 g/mol. The van der Waals surface area contributed by atoms with Gasteiger partial charge in [0, 0.05) is 11.3 Å². The molecule has 2 N–H and O–H groups in total. The van der Waals surface area contributed by atoms with Gasteiger partial charge in [0.2, 0.25) is 0 Å². The van der Waals surface area contributed by atoms with Crippen LogP contribution in [0.4, 0.5) is 5.69 Å². The van der Waals surface area contributed by atoms with Crippen molar-refractivity contribution in [1.82, 2.24) is 5.32 Å². The van der Waals surface area contributed by atoms with E-state index in [1.165, 1.54) is 0 Å². The van der Waals surface area contributed by atoms with Gasteiger partial charge in [0.05, 0.1) is 13.7 Å². The first-order valence-corrected chi connectivity index (χ1v) is 8.52. The van der Waals surface area contributed by atoms with Crippen molar-refractivity contribution in [2.75, 3.05) is 19.0 Å². The topological polar surface area (TPSA) is 59.6 Å². The van der Waals surface area contributed by atoms with E-state index in [1.807, 2.05) is 24.3 Å². The quantitative estimate of drug-likeness (QED) is 0.579. The third kappa shape index (κ3) is 6.08. The summed E-state index contributed by atoms with van der Waals surface area (Å²) in [6, 6.07) is 14.3. The van der Waals surface area contributed by atoms with Crippen molar-refractivity contribution in [2.45, 2.75) is 19.8 Å². The number of unbranched alkanes of at least 4 members (excludes halogenated alkanes) is 1. The van der Waals surface area contributed by atoms with Crippen LogP contribution in [0.5, 0.6) is 11.5 Å². The average molecular weight is 358 g/mol. The predicted molar refractivity (Wildman–Crippen MR) is 104 cm³/mol. The van der Waals surface area contributed by atoms with Crippen molar-refractivity contribution >= 4 is 28.9 Å². The van der Waals surface area contributed by atoms with E-state index < -0.39 is 0 Å². The molecule has 5 nitrogen and oxygen atoms in total. The molecule has 2 aromatic carbocycles. The number of ether oxygens (including phenoxy) is 2. The monoisotopic (exact) mass is 358 g/mol. The van der Waals surface area contributed by atoms with Crippen LogP contribution in [0, 0.1) is 0 Å². The Balaban J connectivity index is 1.85. The second kappa shape index (κ2) is 9.64. The first-order valence-electron chi connectivity index (χ1n) is 8.11. The van der Waals surface area contributed by atoms with E-state index in [4.69, 9.17) is 21.7 Å². The molecular formula is C19H22N2O3S. The minimum atomic E-state index is -0.278. The lowest BCUT2D eigenvalue weighted by atomic mass is 10.2. The Labute approximate surface area is 153 Å². The maximum atomic E-state index is 12.1. The second-order valence-corrected chi connectivity index (χ2v) is 5.77. The zero-order valence-corrected chi connectivity index (χ0v) is 15.2. The Kier molecular flexibility index (Phi) is 7.22. The smallest absolute Gasteiger partial charge is 0.257 e. The minimum absolute atomic E-state index is 0.237. The first kappa shape index (κ1) is 18.7. The fraction of sp³-hybridized carbons (Fsp3) is 0.263. The Bertz CT molecular complexity index is 700. The molecule has 0 radical (unpaired) electrons. The molecule has 2 aromatic rings. The normalized spacial score (nSPS) is 10.0. The number of benzene rings is 2. The summed E-state index contributed by atoms with van der Waals surface area (Å²) >= 11 is 5.18. The number of hydrogen-bond acceptors (Lipinski definition) is 4. The number of nitrogens with one attached hydrogen (secondary N) is 2. The summed E-state index contributed by atoms with van der Waals surface area (Å²) < 4.78 is 10.7. The van der Waals surface area contributed by atoms with E-state index in [1.54, 1.807) is 31.4 Å². The highest BCUT2D eigenvalue weighted by molar-refractivity contribution is 7.80. The fourth-order valence-electron chi connectivity index (χ4n) is 2.05. The molecule has 0 aliphatic rings. The summed E-state index contributed by atoms with van der Waals surface area (Å²) in [5.74, 6) is 1.23. The van der Waals surface area contributed by atoms with E-state index in [9.17, 15) is 4.79 Å². The molecule has 0 bridgehead atoms. The number of carbonyl (C=O) groups excluding carboxylic acids is 1. The van der Waals surface area contributed by atoms with Gasteiger partial charge < -0.3 is 14.8 Å². The second-order valence-electron chi connectivity index (χ2n) is 5.36. The molecule has 0 aliphatic heterocycles. The number of carbonyl (C=O) groups is 1. The Morgan fingerprint density at radius 1 is 1.04 bits per heavy atom.